The Labute approximate surface area is 82.3 Å². The summed E-state index contributed by atoms with van der Waals surface area (Å²) in [6, 6.07) is 3.38. The Hall–Kier alpha value is -1.15. The molecule has 0 N–H and O–H groups in total. The maximum Gasteiger partial charge on any atom is 0.166 e. The third kappa shape index (κ3) is 2.67. The highest BCUT2D eigenvalue weighted by Gasteiger charge is 2.08. The van der Waals surface area contributed by atoms with Gasteiger partial charge in [0, 0.05) is 12.6 Å². The van der Waals surface area contributed by atoms with E-state index in [4.69, 9.17) is 11.6 Å². The van der Waals surface area contributed by atoms with Gasteiger partial charge in [0.1, 0.15) is 5.15 Å². The monoisotopic (exact) mass is 195 g/mol. The van der Waals surface area contributed by atoms with Crippen molar-refractivity contribution in [3.8, 4) is 0 Å². The number of rotatable bonds is 4. The summed E-state index contributed by atoms with van der Waals surface area (Å²) in [5, 5.41) is 0.275. The fraction of sp³-hybridized carbons (Fsp3) is 0.200. The second-order valence-corrected chi connectivity index (χ2v) is 2.95. The van der Waals surface area contributed by atoms with Crippen LogP contribution in [0, 0.1) is 0 Å². The number of halogens is 1. The van der Waals surface area contributed by atoms with Crippen molar-refractivity contribution in [1.29, 1.82) is 0 Å². The summed E-state index contributed by atoms with van der Waals surface area (Å²) < 4.78 is 0. The molecule has 0 saturated carbocycles. The predicted molar refractivity (Wildman–Crippen MR) is 53.0 cm³/mol. The highest BCUT2D eigenvalue weighted by Crippen LogP contribution is 2.14. The van der Waals surface area contributed by atoms with E-state index in [-0.39, 0.29) is 10.9 Å². The number of carbonyl (C=O) groups is 1. The molecular formula is C10H10ClNO. The standard InChI is InChI=1S/C10H10ClNO/c1-2-3-6-9(13)8-5-4-7-12-10(8)11/h2,4-5,7H,1,3,6H2. The molecule has 1 aromatic heterocycles. The summed E-state index contributed by atoms with van der Waals surface area (Å²) in [5.41, 5.74) is 0.492. The summed E-state index contributed by atoms with van der Waals surface area (Å²) in [7, 11) is 0. The fourth-order valence-corrected chi connectivity index (χ4v) is 1.19. The summed E-state index contributed by atoms with van der Waals surface area (Å²) in [5.74, 6) is 0.0120. The minimum atomic E-state index is 0.0120. The van der Waals surface area contributed by atoms with Gasteiger partial charge in [-0.3, -0.25) is 4.79 Å². The number of pyridine rings is 1. The van der Waals surface area contributed by atoms with E-state index < -0.39 is 0 Å². The maximum absolute atomic E-state index is 11.5. The van der Waals surface area contributed by atoms with Crippen LogP contribution in [-0.4, -0.2) is 10.8 Å². The van der Waals surface area contributed by atoms with Crippen LogP contribution in [0.5, 0.6) is 0 Å². The molecule has 0 bridgehead atoms. The molecule has 0 radical (unpaired) electrons. The number of hydrogen-bond acceptors (Lipinski definition) is 2. The van der Waals surface area contributed by atoms with Gasteiger partial charge in [-0.2, -0.15) is 0 Å². The van der Waals surface area contributed by atoms with Crippen LogP contribution in [0.3, 0.4) is 0 Å². The summed E-state index contributed by atoms with van der Waals surface area (Å²) >= 11 is 5.74. The number of carbonyl (C=O) groups excluding carboxylic acids is 1. The van der Waals surface area contributed by atoms with Crippen LogP contribution in [0.25, 0.3) is 0 Å². The zero-order valence-electron chi connectivity index (χ0n) is 7.16. The lowest BCUT2D eigenvalue weighted by atomic mass is 10.1. The van der Waals surface area contributed by atoms with Crippen LogP contribution in [0.2, 0.25) is 5.15 Å². The minimum Gasteiger partial charge on any atom is -0.294 e. The van der Waals surface area contributed by atoms with Gasteiger partial charge in [-0.25, -0.2) is 4.98 Å². The van der Waals surface area contributed by atoms with E-state index in [9.17, 15) is 4.79 Å². The zero-order chi connectivity index (χ0) is 9.68. The third-order valence-electron chi connectivity index (χ3n) is 1.64. The van der Waals surface area contributed by atoms with Gasteiger partial charge in [0.05, 0.1) is 5.56 Å². The molecule has 0 atom stereocenters. The first-order valence-electron chi connectivity index (χ1n) is 4.00. The van der Waals surface area contributed by atoms with E-state index in [2.05, 4.69) is 11.6 Å². The van der Waals surface area contributed by atoms with E-state index in [1.54, 1.807) is 24.4 Å². The van der Waals surface area contributed by atoms with Crippen molar-refractivity contribution < 1.29 is 4.79 Å². The van der Waals surface area contributed by atoms with Crippen molar-refractivity contribution in [2.45, 2.75) is 12.8 Å². The minimum absolute atomic E-state index is 0.0120. The Kier molecular flexibility index (Phi) is 3.65. The maximum atomic E-state index is 11.5. The Bertz CT molecular complexity index is 322. The molecule has 2 nitrogen and oxygen atoms in total. The second-order valence-electron chi connectivity index (χ2n) is 2.59. The molecule has 0 aliphatic heterocycles. The third-order valence-corrected chi connectivity index (χ3v) is 1.94. The average molecular weight is 196 g/mol. The highest BCUT2D eigenvalue weighted by molar-refractivity contribution is 6.32. The van der Waals surface area contributed by atoms with Gasteiger partial charge < -0.3 is 0 Å². The predicted octanol–water partition coefficient (Wildman–Crippen LogP) is 2.88. The Balaban J connectivity index is 2.76. The van der Waals surface area contributed by atoms with Crippen LogP contribution in [-0.2, 0) is 0 Å². The molecule has 0 aliphatic rings. The van der Waals surface area contributed by atoms with E-state index in [1.807, 2.05) is 0 Å². The van der Waals surface area contributed by atoms with Crippen molar-refractivity contribution in [3.05, 3.63) is 41.7 Å². The lowest BCUT2D eigenvalue weighted by Crippen LogP contribution is -1.99. The Morgan fingerprint density at radius 1 is 1.69 bits per heavy atom. The largest absolute Gasteiger partial charge is 0.294 e. The number of ketones is 1. The summed E-state index contributed by atoms with van der Waals surface area (Å²) in [6.45, 7) is 3.55. The molecule has 1 heterocycles. The summed E-state index contributed by atoms with van der Waals surface area (Å²) in [6.07, 6.45) is 4.38. The second kappa shape index (κ2) is 4.77. The first-order chi connectivity index (χ1) is 6.25. The molecule has 1 rings (SSSR count). The van der Waals surface area contributed by atoms with Gasteiger partial charge in [-0.05, 0) is 18.6 Å². The van der Waals surface area contributed by atoms with Gasteiger partial charge in [0.15, 0.2) is 5.78 Å². The van der Waals surface area contributed by atoms with Crippen molar-refractivity contribution in [1.82, 2.24) is 4.98 Å². The molecule has 0 fully saturated rings. The molecule has 0 aromatic carbocycles. The fourth-order valence-electron chi connectivity index (χ4n) is 0.962. The van der Waals surface area contributed by atoms with Crippen molar-refractivity contribution in [2.75, 3.05) is 0 Å². The van der Waals surface area contributed by atoms with Crippen molar-refractivity contribution in [3.63, 3.8) is 0 Å². The first-order valence-corrected chi connectivity index (χ1v) is 4.38. The highest BCUT2D eigenvalue weighted by atomic mass is 35.5. The van der Waals surface area contributed by atoms with Gasteiger partial charge in [0.25, 0.3) is 0 Å². The molecular weight excluding hydrogens is 186 g/mol. The molecule has 0 unspecified atom stereocenters. The van der Waals surface area contributed by atoms with Gasteiger partial charge >= 0.3 is 0 Å². The number of nitrogens with zero attached hydrogens (tertiary/aromatic N) is 1. The number of allylic oxidation sites excluding steroid dienone is 1. The number of hydrogen-bond donors (Lipinski definition) is 0. The molecule has 0 saturated heterocycles. The molecule has 1 aromatic rings. The normalized spacial score (nSPS) is 9.62. The zero-order valence-corrected chi connectivity index (χ0v) is 7.92. The number of Topliss-reactive ketones (excluding diaryl/α,β-unsaturated/α-hetero) is 1. The van der Waals surface area contributed by atoms with Crippen molar-refractivity contribution >= 4 is 17.4 Å². The SMILES string of the molecule is C=CCCC(=O)c1cccnc1Cl. The van der Waals surface area contributed by atoms with E-state index >= 15 is 0 Å². The van der Waals surface area contributed by atoms with Gasteiger partial charge in [-0.15, -0.1) is 6.58 Å². The average Bonchev–Trinajstić information content (AvgIpc) is 2.15. The first kappa shape index (κ1) is 9.93. The smallest absolute Gasteiger partial charge is 0.166 e. The molecule has 0 amide bonds. The van der Waals surface area contributed by atoms with Crippen LogP contribution in [0.1, 0.15) is 23.2 Å². The quantitative estimate of drug-likeness (QED) is 0.420. The number of aromatic nitrogens is 1. The molecule has 0 spiro atoms. The Morgan fingerprint density at radius 2 is 2.46 bits per heavy atom. The summed E-state index contributed by atoms with van der Waals surface area (Å²) in [4.78, 5) is 15.3. The lowest BCUT2D eigenvalue weighted by molar-refractivity contribution is 0.0983. The van der Waals surface area contributed by atoms with E-state index in [0.717, 1.165) is 0 Å². The van der Waals surface area contributed by atoms with Crippen molar-refractivity contribution in [2.24, 2.45) is 0 Å². The molecule has 0 aliphatic carbocycles. The van der Waals surface area contributed by atoms with Gasteiger partial charge in [0.2, 0.25) is 0 Å². The van der Waals surface area contributed by atoms with Crippen LogP contribution >= 0.6 is 11.6 Å². The molecule has 13 heavy (non-hydrogen) atoms. The van der Waals surface area contributed by atoms with E-state index in [0.29, 0.717) is 18.4 Å². The topological polar surface area (TPSA) is 30.0 Å². The van der Waals surface area contributed by atoms with E-state index in [1.165, 1.54) is 0 Å². The molecule has 68 valence electrons. The molecule has 3 heteroatoms. The Morgan fingerprint density at radius 3 is 3.08 bits per heavy atom. The van der Waals surface area contributed by atoms with Crippen LogP contribution in [0.4, 0.5) is 0 Å². The lowest BCUT2D eigenvalue weighted by Gasteiger charge is -1.99. The van der Waals surface area contributed by atoms with Crippen LogP contribution in [0.15, 0.2) is 31.0 Å². The van der Waals surface area contributed by atoms with Crippen LogP contribution < -0.4 is 0 Å². The van der Waals surface area contributed by atoms with Gasteiger partial charge in [-0.1, -0.05) is 17.7 Å².